The third-order valence-corrected chi connectivity index (χ3v) is 14.1. The number of imide groups is 1. The number of ether oxygens (including phenoxy) is 3. The van der Waals surface area contributed by atoms with Gasteiger partial charge in [0, 0.05) is 70.0 Å². The molecule has 1 aliphatic rings. The molecule has 2 aromatic heterocycles. The van der Waals surface area contributed by atoms with Crippen LogP contribution < -0.4 is 19.3 Å². The number of esters is 1. The summed E-state index contributed by atoms with van der Waals surface area (Å²) in [5.41, 5.74) is 10.4. The van der Waals surface area contributed by atoms with Crippen LogP contribution in [0.1, 0.15) is 100 Å². The highest BCUT2D eigenvalue weighted by molar-refractivity contribution is 6.36. The summed E-state index contributed by atoms with van der Waals surface area (Å²) in [6.07, 6.45) is 0. The van der Waals surface area contributed by atoms with E-state index >= 15 is 0 Å². The Balaban J connectivity index is 0.778. The average Bonchev–Trinajstić information content (AvgIpc) is 3.75. The van der Waals surface area contributed by atoms with Crippen LogP contribution in [0.5, 0.6) is 11.5 Å². The molecule has 0 fully saturated rings. The molecule has 400 valence electrons. The molecule has 1 aliphatic heterocycles. The van der Waals surface area contributed by atoms with Crippen molar-refractivity contribution in [3.8, 4) is 57.3 Å². The summed E-state index contributed by atoms with van der Waals surface area (Å²) in [4.78, 5) is 44.6. The van der Waals surface area contributed by atoms with E-state index in [1.54, 1.807) is 54.6 Å². The van der Waals surface area contributed by atoms with E-state index in [1.165, 1.54) is 11.1 Å². The second kappa shape index (κ2) is 21.3. The van der Waals surface area contributed by atoms with Crippen LogP contribution >= 0.6 is 0 Å². The molecule has 8 aromatic carbocycles. The van der Waals surface area contributed by atoms with Crippen LogP contribution in [0.15, 0.2) is 179 Å². The number of carbonyl (C=O) groups is 3. The maximum atomic E-state index is 13.9. The van der Waals surface area contributed by atoms with Crippen molar-refractivity contribution >= 4 is 39.9 Å². The van der Waals surface area contributed by atoms with Gasteiger partial charge >= 0.3 is 5.97 Å². The van der Waals surface area contributed by atoms with Crippen LogP contribution in [0.3, 0.4) is 0 Å². The molecule has 0 saturated carbocycles. The van der Waals surface area contributed by atoms with E-state index in [4.69, 9.17) is 23.0 Å². The van der Waals surface area contributed by atoms with Crippen molar-refractivity contribution in [2.24, 2.45) is 0 Å². The summed E-state index contributed by atoms with van der Waals surface area (Å²) in [7, 11) is 3.84. The SMILES string of the molecule is CN(C)c1ccc2c3c(cccc13)C(=O)N(c1ccc(C(=O)OCc3cc(OCc4ccc(-c5nnc(-c6ccc(C(C)(C)C)cc6)o5)cc4)cc(OCc4ccc(-c5nnc(-c6ccc(C(C)(C)C)cc6)o5)cc4)c3)cc1)C2=O. The van der Waals surface area contributed by atoms with Gasteiger partial charge in [0.15, 0.2) is 0 Å². The van der Waals surface area contributed by atoms with Gasteiger partial charge in [-0.15, -0.1) is 20.4 Å². The lowest BCUT2D eigenvalue weighted by Gasteiger charge is -2.28. The van der Waals surface area contributed by atoms with Crippen molar-refractivity contribution in [1.29, 1.82) is 0 Å². The van der Waals surface area contributed by atoms with E-state index in [2.05, 4.69) is 86.2 Å². The van der Waals surface area contributed by atoms with Gasteiger partial charge in [-0.1, -0.05) is 102 Å². The van der Waals surface area contributed by atoms with Gasteiger partial charge in [0.25, 0.3) is 11.8 Å². The summed E-state index contributed by atoms with van der Waals surface area (Å²) in [6.45, 7) is 13.4. The third-order valence-electron chi connectivity index (χ3n) is 14.1. The number of hydrogen-bond acceptors (Lipinski definition) is 13. The standard InChI is InChI=1S/C66H58N6O8/c1-65(2,3)48-26-20-45(21-27-48)60-69-67-58(79-60)43-16-12-40(13-17-43)37-76-51-34-42(35-52(36-51)77-38-41-14-18-44(19-15-41)59-68-70-61(80-59)46-22-28-49(29-23-46)66(4,5)6)39-78-64(75)47-24-30-50(31-25-47)72-62(73)54-11-9-10-53-56(71(7)8)33-32-55(57(53)54)63(72)74/h9-36H,37-39H2,1-8H3. The molecular weight excluding hydrogens is 1000 g/mol. The Hall–Kier alpha value is -9.69. The lowest BCUT2D eigenvalue weighted by Crippen LogP contribution is -2.40. The maximum Gasteiger partial charge on any atom is 0.338 e. The number of aromatic nitrogens is 4. The number of nitrogens with zero attached hydrogens (tertiary/aromatic N) is 6. The molecule has 0 bridgehead atoms. The Morgan fingerprint density at radius 3 is 1.38 bits per heavy atom. The van der Waals surface area contributed by atoms with Crippen molar-refractivity contribution < 1.29 is 37.4 Å². The molecule has 10 aromatic rings. The molecule has 14 nitrogen and oxygen atoms in total. The number of anilines is 2. The first-order valence-electron chi connectivity index (χ1n) is 26.3. The normalized spacial score (nSPS) is 12.5. The molecule has 80 heavy (non-hydrogen) atoms. The Bertz CT molecular complexity index is 3740. The molecule has 14 heteroatoms. The largest absolute Gasteiger partial charge is 0.489 e. The molecule has 2 amide bonds. The first kappa shape index (κ1) is 52.4. The highest BCUT2D eigenvalue weighted by Crippen LogP contribution is 2.38. The number of rotatable bonds is 15. The minimum Gasteiger partial charge on any atom is -0.489 e. The van der Waals surface area contributed by atoms with E-state index in [0.717, 1.165) is 49.4 Å². The smallest absolute Gasteiger partial charge is 0.338 e. The first-order chi connectivity index (χ1) is 38.4. The van der Waals surface area contributed by atoms with Crippen molar-refractivity contribution in [1.82, 2.24) is 20.4 Å². The minimum atomic E-state index is -0.605. The molecule has 0 aliphatic carbocycles. The lowest BCUT2D eigenvalue weighted by molar-refractivity contribution is 0.0471. The highest BCUT2D eigenvalue weighted by Gasteiger charge is 2.35. The van der Waals surface area contributed by atoms with E-state index in [0.29, 0.717) is 62.8 Å². The fraction of sp³-hybridized carbons (Fsp3) is 0.197. The van der Waals surface area contributed by atoms with Gasteiger partial charge in [0.1, 0.15) is 31.3 Å². The highest BCUT2D eigenvalue weighted by atomic mass is 16.5. The summed E-state index contributed by atoms with van der Waals surface area (Å²) in [5, 5.41) is 18.7. The van der Waals surface area contributed by atoms with Gasteiger partial charge < -0.3 is 27.9 Å². The summed E-state index contributed by atoms with van der Waals surface area (Å²) >= 11 is 0. The first-order valence-corrected chi connectivity index (χ1v) is 26.3. The number of amides is 2. The second-order valence-electron chi connectivity index (χ2n) is 22.1. The monoisotopic (exact) mass is 1060 g/mol. The lowest BCUT2D eigenvalue weighted by atomic mass is 9.87. The van der Waals surface area contributed by atoms with Gasteiger partial charge in [0.05, 0.1) is 11.3 Å². The number of benzene rings is 8. The summed E-state index contributed by atoms with van der Waals surface area (Å²) < 4.78 is 30.7. The molecular formula is C66H58N6O8. The van der Waals surface area contributed by atoms with Crippen LogP contribution in [-0.4, -0.2) is 52.3 Å². The van der Waals surface area contributed by atoms with Crippen molar-refractivity contribution in [3.63, 3.8) is 0 Å². The maximum absolute atomic E-state index is 13.9. The van der Waals surface area contributed by atoms with Crippen molar-refractivity contribution in [2.75, 3.05) is 23.9 Å². The van der Waals surface area contributed by atoms with Crippen LogP contribution in [0, 0.1) is 0 Å². The number of hydrogen-bond donors (Lipinski definition) is 0. The van der Waals surface area contributed by atoms with E-state index in [9.17, 15) is 14.4 Å². The van der Waals surface area contributed by atoms with Crippen LogP contribution in [0.4, 0.5) is 11.4 Å². The zero-order valence-electron chi connectivity index (χ0n) is 45.7. The molecule has 0 spiro atoms. The molecule has 0 unspecified atom stereocenters. The molecule has 3 heterocycles. The van der Waals surface area contributed by atoms with E-state index < -0.39 is 17.8 Å². The van der Waals surface area contributed by atoms with Crippen molar-refractivity contribution in [3.05, 3.63) is 214 Å². The topological polar surface area (TPSA) is 163 Å². The zero-order valence-corrected chi connectivity index (χ0v) is 45.7. The molecule has 0 N–H and O–H groups in total. The van der Waals surface area contributed by atoms with E-state index in [1.807, 2.05) is 110 Å². The van der Waals surface area contributed by atoms with Gasteiger partial charge in [-0.3, -0.25) is 9.59 Å². The summed E-state index contributed by atoms with van der Waals surface area (Å²) in [6, 6.07) is 52.4. The fourth-order valence-electron chi connectivity index (χ4n) is 9.52. The van der Waals surface area contributed by atoms with Crippen LogP contribution in [0.25, 0.3) is 56.6 Å². The Morgan fingerprint density at radius 1 is 0.500 bits per heavy atom. The third kappa shape index (κ3) is 10.9. The Labute approximate surface area is 463 Å². The van der Waals surface area contributed by atoms with Gasteiger partial charge in [-0.25, -0.2) is 9.69 Å². The molecule has 0 atom stereocenters. The Kier molecular flexibility index (Phi) is 13.9. The number of carbonyl (C=O) groups excluding carboxylic acids is 3. The average molecular weight is 1060 g/mol. The molecule has 0 saturated heterocycles. The molecule has 0 radical (unpaired) electrons. The summed E-state index contributed by atoms with van der Waals surface area (Å²) in [5.74, 6) is 1.17. The van der Waals surface area contributed by atoms with Crippen LogP contribution in [0.2, 0.25) is 0 Å². The minimum absolute atomic E-state index is 0.0284. The second-order valence-corrected chi connectivity index (χ2v) is 22.1. The van der Waals surface area contributed by atoms with Crippen molar-refractivity contribution in [2.45, 2.75) is 72.2 Å². The van der Waals surface area contributed by atoms with Crippen LogP contribution in [-0.2, 0) is 35.4 Å². The zero-order chi connectivity index (χ0) is 55.9. The van der Waals surface area contributed by atoms with E-state index in [-0.39, 0.29) is 36.2 Å². The van der Waals surface area contributed by atoms with Gasteiger partial charge in [-0.2, -0.15) is 0 Å². The Morgan fingerprint density at radius 2 is 0.938 bits per heavy atom. The fourth-order valence-corrected chi connectivity index (χ4v) is 9.52. The van der Waals surface area contributed by atoms with Gasteiger partial charge in [-0.05, 0) is 142 Å². The predicted molar refractivity (Wildman–Crippen MR) is 308 cm³/mol. The van der Waals surface area contributed by atoms with Gasteiger partial charge in [0.2, 0.25) is 23.6 Å². The predicted octanol–water partition coefficient (Wildman–Crippen LogP) is 14.3. The molecule has 11 rings (SSSR count). The quantitative estimate of drug-likeness (QED) is 0.0704.